The molecule has 1 atom stereocenters. The number of ether oxygens (including phenoxy) is 1. The standard InChI is InChI=1S/C18H27ClN4O.HI/c1-20-18(21-12-14-5-6-15(19)11-17(14)24-2)23-10-7-16(13-23)22-8-3-4-9-22;/h5-6,11,16H,3-4,7-10,12-13H2,1-2H3,(H,20,21);1H. The van der Waals surface area contributed by atoms with Crippen molar-refractivity contribution >= 4 is 41.5 Å². The van der Waals surface area contributed by atoms with Gasteiger partial charge in [0, 0.05) is 43.3 Å². The Morgan fingerprint density at radius 1 is 1.32 bits per heavy atom. The van der Waals surface area contributed by atoms with Crippen molar-refractivity contribution < 1.29 is 4.74 Å². The van der Waals surface area contributed by atoms with Crippen LogP contribution in [-0.4, -0.2) is 62.1 Å². The number of rotatable bonds is 4. The third kappa shape index (κ3) is 5.14. The molecule has 140 valence electrons. The van der Waals surface area contributed by atoms with E-state index in [4.69, 9.17) is 16.3 Å². The zero-order chi connectivity index (χ0) is 16.9. The third-order valence-electron chi connectivity index (χ3n) is 5.02. The number of hydrogen-bond donors (Lipinski definition) is 1. The molecule has 1 N–H and O–H groups in total. The second-order valence-corrected chi connectivity index (χ2v) is 6.92. The maximum Gasteiger partial charge on any atom is 0.193 e. The van der Waals surface area contributed by atoms with Gasteiger partial charge in [0.05, 0.1) is 7.11 Å². The molecule has 5 nitrogen and oxygen atoms in total. The van der Waals surface area contributed by atoms with Gasteiger partial charge in [0.25, 0.3) is 0 Å². The fourth-order valence-corrected chi connectivity index (χ4v) is 3.87. The summed E-state index contributed by atoms with van der Waals surface area (Å²) < 4.78 is 5.42. The lowest BCUT2D eigenvalue weighted by molar-refractivity contribution is 0.249. The molecule has 1 aromatic carbocycles. The fraction of sp³-hybridized carbons (Fsp3) is 0.611. The van der Waals surface area contributed by atoms with Crippen LogP contribution in [0.3, 0.4) is 0 Å². The third-order valence-corrected chi connectivity index (χ3v) is 5.25. The first-order chi connectivity index (χ1) is 11.7. The summed E-state index contributed by atoms with van der Waals surface area (Å²) in [6, 6.07) is 6.42. The van der Waals surface area contributed by atoms with Crippen LogP contribution in [0.1, 0.15) is 24.8 Å². The van der Waals surface area contributed by atoms with E-state index in [1.807, 2.05) is 25.2 Å². The zero-order valence-electron chi connectivity index (χ0n) is 15.0. The van der Waals surface area contributed by atoms with Gasteiger partial charge in [-0.3, -0.25) is 9.89 Å². The Kier molecular flexibility index (Phi) is 8.09. The van der Waals surface area contributed by atoms with Crippen molar-refractivity contribution in [2.45, 2.75) is 31.8 Å². The summed E-state index contributed by atoms with van der Waals surface area (Å²) >= 11 is 6.03. The molecule has 7 heteroatoms. The van der Waals surface area contributed by atoms with E-state index in [1.165, 1.54) is 32.4 Å². The number of benzene rings is 1. The average Bonchev–Trinajstić information content (AvgIpc) is 3.27. The number of nitrogens with zero attached hydrogens (tertiary/aromatic N) is 3. The molecule has 0 spiro atoms. The molecule has 0 amide bonds. The maximum atomic E-state index is 6.03. The predicted molar refractivity (Wildman–Crippen MR) is 114 cm³/mol. The van der Waals surface area contributed by atoms with Crippen LogP contribution in [0.15, 0.2) is 23.2 Å². The lowest BCUT2D eigenvalue weighted by atomic mass is 10.2. The monoisotopic (exact) mass is 478 g/mol. The average molecular weight is 479 g/mol. The van der Waals surface area contributed by atoms with Gasteiger partial charge in [-0.25, -0.2) is 0 Å². The maximum absolute atomic E-state index is 6.03. The highest BCUT2D eigenvalue weighted by atomic mass is 127. The summed E-state index contributed by atoms with van der Waals surface area (Å²) in [4.78, 5) is 9.47. The smallest absolute Gasteiger partial charge is 0.193 e. The van der Waals surface area contributed by atoms with Crippen LogP contribution in [0, 0.1) is 0 Å². The quantitative estimate of drug-likeness (QED) is 0.410. The minimum absolute atomic E-state index is 0. The van der Waals surface area contributed by atoms with Crippen LogP contribution in [0.25, 0.3) is 0 Å². The summed E-state index contributed by atoms with van der Waals surface area (Å²) in [5, 5.41) is 4.16. The van der Waals surface area contributed by atoms with E-state index >= 15 is 0 Å². The second-order valence-electron chi connectivity index (χ2n) is 6.49. The van der Waals surface area contributed by atoms with Crippen LogP contribution in [0.4, 0.5) is 0 Å². The Morgan fingerprint density at radius 3 is 2.76 bits per heavy atom. The van der Waals surface area contributed by atoms with Gasteiger partial charge >= 0.3 is 0 Å². The second kappa shape index (κ2) is 9.83. The SMILES string of the molecule is CN=C(NCc1ccc(Cl)cc1OC)N1CCC(N2CCCC2)C1.I. The molecule has 2 saturated heterocycles. The highest BCUT2D eigenvalue weighted by Crippen LogP contribution is 2.23. The zero-order valence-corrected chi connectivity index (χ0v) is 18.1. The normalized spacial score (nSPS) is 21.3. The topological polar surface area (TPSA) is 40.1 Å². The Hall–Kier alpha value is -0.730. The van der Waals surface area contributed by atoms with E-state index in [-0.39, 0.29) is 24.0 Å². The van der Waals surface area contributed by atoms with Gasteiger partial charge < -0.3 is 15.0 Å². The molecule has 3 rings (SSSR count). The number of nitrogens with one attached hydrogen (secondary N) is 1. The lowest BCUT2D eigenvalue weighted by Gasteiger charge is -2.25. The summed E-state index contributed by atoms with van der Waals surface area (Å²) in [7, 11) is 3.52. The Labute approximate surface area is 172 Å². The van der Waals surface area contributed by atoms with Gasteiger partial charge in [-0.05, 0) is 44.5 Å². The first kappa shape index (κ1) is 20.6. The van der Waals surface area contributed by atoms with Gasteiger partial charge in [0.2, 0.25) is 0 Å². The molecular formula is C18H28ClIN4O. The molecule has 2 heterocycles. The molecule has 2 fully saturated rings. The van der Waals surface area contributed by atoms with E-state index in [9.17, 15) is 0 Å². The molecular weight excluding hydrogens is 451 g/mol. The van der Waals surface area contributed by atoms with Crippen molar-refractivity contribution in [1.82, 2.24) is 15.1 Å². The van der Waals surface area contributed by atoms with E-state index in [2.05, 4.69) is 20.1 Å². The Morgan fingerprint density at radius 2 is 2.08 bits per heavy atom. The predicted octanol–water partition coefficient (Wildman–Crippen LogP) is 3.21. The molecule has 0 saturated carbocycles. The lowest BCUT2D eigenvalue weighted by Crippen LogP contribution is -2.42. The van der Waals surface area contributed by atoms with Crippen LogP contribution >= 0.6 is 35.6 Å². The molecule has 0 radical (unpaired) electrons. The van der Waals surface area contributed by atoms with Crippen molar-refractivity contribution in [3.63, 3.8) is 0 Å². The van der Waals surface area contributed by atoms with E-state index in [0.29, 0.717) is 17.6 Å². The van der Waals surface area contributed by atoms with E-state index < -0.39 is 0 Å². The van der Waals surface area contributed by atoms with Crippen molar-refractivity contribution in [2.75, 3.05) is 40.3 Å². The van der Waals surface area contributed by atoms with Gasteiger partial charge in [0.15, 0.2) is 5.96 Å². The highest BCUT2D eigenvalue weighted by Gasteiger charge is 2.30. The summed E-state index contributed by atoms with van der Waals surface area (Å²) in [6.07, 6.45) is 3.92. The highest BCUT2D eigenvalue weighted by molar-refractivity contribution is 14.0. The summed E-state index contributed by atoms with van der Waals surface area (Å²) in [5.74, 6) is 1.77. The van der Waals surface area contributed by atoms with Gasteiger partial charge in [0.1, 0.15) is 5.75 Å². The molecule has 2 aliphatic rings. The van der Waals surface area contributed by atoms with Crippen LogP contribution < -0.4 is 10.1 Å². The van der Waals surface area contributed by atoms with E-state index in [1.54, 1.807) is 7.11 Å². The summed E-state index contributed by atoms with van der Waals surface area (Å²) in [5.41, 5.74) is 1.08. The first-order valence-electron chi connectivity index (χ1n) is 8.73. The van der Waals surface area contributed by atoms with Crippen LogP contribution in [0.2, 0.25) is 5.02 Å². The molecule has 2 aliphatic heterocycles. The summed E-state index contributed by atoms with van der Waals surface area (Å²) in [6.45, 7) is 5.33. The molecule has 25 heavy (non-hydrogen) atoms. The number of likely N-dealkylation sites (tertiary alicyclic amines) is 2. The van der Waals surface area contributed by atoms with Crippen LogP contribution in [0.5, 0.6) is 5.75 Å². The number of hydrogen-bond acceptors (Lipinski definition) is 3. The van der Waals surface area contributed by atoms with Crippen molar-refractivity contribution in [2.24, 2.45) is 4.99 Å². The Balaban J connectivity index is 0.00000225. The molecule has 0 aliphatic carbocycles. The van der Waals surface area contributed by atoms with Crippen LogP contribution in [-0.2, 0) is 6.54 Å². The van der Waals surface area contributed by atoms with Crippen molar-refractivity contribution in [1.29, 1.82) is 0 Å². The number of aliphatic imine (C=N–C) groups is 1. The Bertz CT molecular complexity index is 592. The number of methoxy groups -OCH3 is 1. The minimum atomic E-state index is 0. The largest absolute Gasteiger partial charge is 0.496 e. The van der Waals surface area contributed by atoms with Crippen molar-refractivity contribution in [3.8, 4) is 5.75 Å². The van der Waals surface area contributed by atoms with Crippen molar-refractivity contribution in [3.05, 3.63) is 28.8 Å². The van der Waals surface area contributed by atoms with Gasteiger partial charge in [-0.1, -0.05) is 17.7 Å². The number of halogens is 2. The van der Waals surface area contributed by atoms with E-state index in [0.717, 1.165) is 30.4 Å². The molecule has 1 unspecified atom stereocenters. The minimum Gasteiger partial charge on any atom is -0.496 e. The van der Waals surface area contributed by atoms with Gasteiger partial charge in [-0.2, -0.15) is 0 Å². The fourth-order valence-electron chi connectivity index (χ4n) is 3.71. The number of guanidine groups is 1. The van der Waals surface area contributed by atoms with Gasteiger partial charge in [-0.15, -0.1) is 24.0 Å². The molecule has 1 aromatic rings. The molecule has 0 aromatic heterocycles. The first-order valence-corrected chi connectivity index (χ1v) is 9.11. The molecule has 0 bridgehead atoms.